The number of rotatable bonds is 11. The van der Waals surface area contributed by atoms with E-state index in [0.717, 1.165) is 6.08 Å². The highest BCUT2D eigenvalue weighted by Gasteiger charge is 2.38. The van der Waals surface area contributed by atoms with E-state index in [1.165, 1.54) is 26.0 Å². The van der Waals surface area contributed by atoms with Crippen molar-refractivity contribution < 1.29 is 33.8 Å². The van der Waals surface area contributed by atoms with Gasteiger partial charge in [0.1, 0.15) is 11.3 Å². The van der Waals surface area contributed by atoms with Crippen LogP contribution in [-0.2, 0) is 28.7 Å². The quantitative estimate of drug-likeness (QED) is 0.146. The van der Waals surface area contributed by atoms with E-state index >= 15 is 0 Å². The highest BCUT2D eigenvalue weighted by Crippen LogP contribution is 2.23. The molecule has 2 amide bonds. The molecule has 0 aliphatic carbocycles. The molecule has 0 radical (unpaired) electrons. The number of ether oxygens (including phenoxy) is 2. The Hall–Kier alpha value is -3.30. The maximum absolute atomic E-state index is 11.9. The van der Waals surface area contributed by atoms with Gasteiger partial charge in [-0.05, 0) is 31.2 Å². The summed E-state index contributed by atoms with van der Waals surface area (Å²) < 4.78 is 9.87. The van der Waals surface area contributed by atoms with Gasteiger partial charge in [-0.15, -0.1) is 0 Å². The van der Waals surface area contributed by atoms with Crippen LogP contribution >= 0.6 is 0 Å². The summed E-state index contributed by atoms with van der Waals surface area (Å²) in [7, 11) is 0. The first kappa shape index (κ1) is 23.7. The molecule has 29 heavy (non-hydrogen) atoms. The van der Waals surface area contributed by atoms with Crippen LogP contribution in [0.3, 0.4) is 0 Å². The van der Waals surface area contributed by atoms with Gasteiger partial charge in [0.05, 0.1) is 0 Å². The molecule has 10 heteroatoms. The molecule has 0 atom stereocenters. The van der Waals surface area contributed by atoms with Gasteiger partial charge in [-0.2, -0.15) is 0 Å². The summed E-state index contributed by atoms with van der Waals surface area (Å²) >= 11 is 0. The van der Waals surface area contributed by atoms with Crippen molar-refractivity contribution in [1.82, 2.24) is 4.90 Å². The smallest absolute Gasteiger partial charge is 0.348 e. The lowest BCUT2D eigenvalue weighted by molar-refractivity contribution is -0.222. The van der Waals surface area contributed by atoms with Crippen molar-refractivity contribution in [1.29, 1.82) is 0 Å². The first-order valence-electron chi connectivity index (χ1n) is 9.06. The first-order chi connectivity index (χ1) is 13.5. The Balaban J connectivity index is 2.76. The Morgan fingerprint density at radius 1 is 1.03 bits per heavy atom. The lowest BCUT2D eigenvalue weighted by atomic mass is 10.2. The van der Waals surface area contributed by atoms with Crippen molar-refractivity contribution in [3.63, 3.8) is 0 Å². The normalized spacial score (nSPS) is 16.3. The number of amides is 2. The molecule has 0 saturated carbocycles. The van der Waals surface area contributed by atoms with Crippen molar-refractivity contribution in [3.8, 4) is 0 Å². The van der Waals surface area contributed by atoms with Crippen molar-refractivity contribution in [2.75, 3.05) is 13.1 Å². The molecule has 0 aromatic rings. The summed E-state index contributed by atoms with van der Waals surface area (Å²) in [6, 6.07) is 0. The Morgan fingerprint density at radius 2 is 1.52 bits per heavy atom. The first-order valence-corrected chi connectivity index (χ1v) is 9.06. The molecule has 0 unspecified atom stereocenters. The van der Waals surface area contributed by atoms with Gasteiger partial charge in [0, 0.05) is 45.9 Å². The highest BCUT2D eigenvalue weighted by atomic mass is 16.7. The molecule has 0 aromatic carbocycles. The van der Waals surface area contributed by atoms with Gasteiger partial charge in [-0.25, -0.2) is 9.59 Å². The molecular weight excluding hydrogens is 382 g/mol. The van der Waals surface area contributed by atoms with Crippen LogP contribution in [-0.4, -0.2) is 52.6 Å². The van der Waals surface area contributed by atoms with Gasteiger partial charge >= 0.3 is 11.9 Å². The lowest BCUT2D eigenvalue weighted by Crippen LogP contribution is -2.41. The standard InChI is InChI=1S/C19H27N3O7/c1-19(2)28-17(26)14(18(27)29-19)12-13(23)6-3-9-22(10-4-7-15(20)24)11-5-8-16(21)25/h3,6,9,12,23H,4-5,7-8,10-11H2,1-2H3,(H2,20,24)(H2,21,25)/b9-3+,13-6-. The van der Waals surface area contributed by atoms with Crippen LogP contribution in [0.1, 0.15) is 39.5 Å². The van der Waals surface area contributed by atoms with Crippen molar-refractivity contribution in [3.05, 3.63) is 35.8 Å². The topological polar surface area (TPSA) is 162 Å². The second kappa shape index (κ2) is 10.9. The van der Waals surface area contributed by atoms with Gasteiger partial charge in [-0.3, -0.25) is 9.59 Å². The number of hydrogen-bond donors (Lipinski definition) is 3. The second-order valence-electron chi connectivity index (χ2n) is 6.85. The Morgan fingerprint density at radius 3 is 1.97 bits per heavy atom. The zero-order valence-electron chi connectivity index (χ0n) is 16.6. The van der Waals surface area contributed by atoms with Crippen LogP contribution in [0.15, 0.2) is 35.8 Å². The Kier molecular flexibility index (Phi) is 8.91. The van der Waals surface area contributed by atoms with Crippen LogP contribution in [0.5, 0.6) is 0 Å². The van der Waals surface area contributed by atoms with Crippen LogP contribution in [0.4, 0.5) is 0 Å². The highest BCUT2D eigenvalue weighted by molar-refractivity contribution is 6.15. The summed E-state index contributed by atoms with van der Waals surface area (Å²) in [4.78, 5) is 47.3. The number of esters is 2. The van der Waals surface area contributed by atoms with E-state index in [2.05, 4.69) is 0 Å². The summed E-state index contributed by atoms with van der Waals surface area (Å²) in [5, 5.41) is 9.95. The minimum Gasteiger partial charge on any atom is -0.508 e. The number of cyclic esters (lactones) is 2. The molecule has 160 valence electrons. The number of nitrogens with two attached hydrogens (primary N) is 2. The van der Waals surface area contributed by atoms with Gasteiger partial charge in [0.15, 0.2) is 0 Å². The average molecular weight is 409 g/mol. The molecule has 1 saturated heterocycles. The number of carbonyl (C=O) groups is 4. The van der Waals surface area contributed by atoms with Crippen molar-refractivity contribution in [2.45, 2.75) is 45.3 Å². The molecule has 5 N–H and O–H groups in total. The van der Waals surface area contributed by atoms with Gasteiger partial charge in [0.2, 0.25) is 11.8 Å². The number of allylic oxidation sites excluding steroid dienone is 3. The maximum atomic E-state index is 11.9. The monoisotopic (exact) mass is 409 g/mol. The fourth-order valence-corrected chi connectivity index (χ4v) is 2.41. The summed E-state index contributed by atoms with van der Waals surface area (Å²) in [5.74, 6) is -4.33. The molecule has 1 aliphatic heterocycles. The Labute approximate surface area is 168 Å². The van der Waals surface area contributed by atoms with E-state index in [1.807, 2.05) is 4.90 Å². The third-order valence-electron chi connectivity index (χ3n) is 3.71. The van der Waals surface area contributed by atoms with E-state index in [0.29, 0.717) is 25.9 Å². The van der Waals surface area contributed by atoms with Crippen LogP contribution in [0.2, 0.25) is 0 Å². The molecule has 0 spiro atoms. The Bertz CT molecular complexity index is 696. The largest absolute Gasteiger partial charge is 0.508 e. The number of primary amides is 2. The maximum Gasteiger partial charge on any atom is 0.348 e. The molecule has 1 heterocycles. The molecule has 1 rings (SSSR count). The van der Waals surface area contributed by atoms with Crippen molar-refractivity contribution in [2.24, 2.45) is 11.5 Å². The SMILES string of the molecule is CC1(C)OC(=O)C(=C/C(O)=C/C=C/N(CCCC(N)=O)CCCC(N)=O)C(=O)O1. The van der Waals surface area contributed by atoms with E-state index in [-0.39, 0.29) is 18.6 Å². The predicted octanol–water partition coefficient (Wildman–Crippen LogP) is 0.538. The van der Waals surface area contributed by atoms with Crippen LogP contribution < -0.4 is 11.5 Å². The summed E-state index contributed by atoms with van der Waals surface area (Å²) in [6.45, 7) is 3.84. The number of aliphatic hydroxyl groups is 1. The number of carbonyl (C=O) groups excluding carboxylic acids is 4. The van der Waals surface area contributed by atoms with E-state index in [4.69, 9.17) is 20.9 Å². The number of hydrogen-bond acceptors (Lipinski definition) is 8. The van der Waals surface area contributed by atoms with Crippen LogP contribution in [0, 0.1) is 0 Å². The third-order valence-corrected chi connectivity index (χ3v) is 3.71. The molecule has 1 aliphatic rings. The number of aliphatic hydroxyl groups excluding tert-OH is 1. The second-order valence-corrected chi connectivity index (χ2v) is 6.85. The fourth-order valence-electron chi connectivity index (χ4n) is 2.41. The molecule has 0 bridgehead atoms. The van der Waals surface area contributed by atoms with Crippen LogP contribution in [0.25, 0.3) is 0 Å². The lowest BCUT2D eigenvalue weighted by Gasteiger charge is -2.29. The minimum absolute atomic E-state index is 0.216. The predicted molar refractivity (Wildman–Crippen MR) is 103 cm³/mol. The summed E-state index contributed by atoms with van der Waals surface area (Å²) in [5.41, 5.74) is 9.83. The molecular formula is C19H27N3O7. The number of nitrogens with zero attached hydrogens (tertiary/aromatic N) is 1. The average Bonchev–Trinajstić information content (AvgIpc) is 2.56. The summed E-state index contributed by atoms with van der Waals surface area (Å²) in [6.07, 6.45) is 6.81. The fraction of sp³-hybridized carbons (Fsp3) is 0.474. The zero-order valence-corrected chi connectivity index (χ0v) is 16.6. The van der Waals surface area contributed by atoms with Gasteiger partial charge in [-0.1, -0.05) is 0 Å². The molecule has 0 aromatic heterocycles. The van der Waals surface area contributed by atoms with E-state index in [9.17, 15) is 24.3 Å². The van der Waals surface area contributed by atoms with Gasteiger partial charge < -0.3 is 30.9 Å². The zero-order chi connectivity index (χ0) is 22.0. The van der Waals surface area contributed by atoms with Crippen molar-refractivity contribution >= 4 is 23.8 Å². The van der Waals surface area contributed by atoms with E-state index < -0.39 is 35.1 Å². The minimum atomic E-state index is -1.36. The molecule has 1 fully saturated rings. The van der Waals surface area contributed by atoms with E-state index in [1.54, 1.807) is 6.20 Å². The molecule has 10 nitrogen and oxygen atoms in total. The third kappa shape index (κ3) is 9.45. The van der Waals surface area contributed by atoms with Gasteiger partial charge in [0.25, 0.3) is 5.79 Å².